The Labute approximate surface area is 223 Å². The van der Waals surface area contributed by atoms with E-state index in [4.69, 9.17) is 27.9 Å². The lowest BCUT2D eigenvalue weighted by Crippen LogP contribution is -2.40. The van der Waals surface area contributed by atoms with E-state index in [2.05, 4.69) is 16.0 Å². The Kier molecular flexibility index (Phi) is 8.60. The molecule has 192 valence electrons. The van der Waals surface area contributed by atoms with E-state index < -0.39 is 10.8 Å². The standard InChI is InChI=1S/C26H24Cl2N4O5/c27-20-12-17(16-4-2-1-3-5-16)13-21(28)25(20)26(34)30-10-9-29-24(33)15-31-22-8-11-37-23-7-6-18(32(35)36)14-19(22)23/h1-7,12-14,22,31H,8-11,15H2,(H,29,33)(H,30,34). The molecule has 0 radical (unpaired) electrons. The molecule has 0 saturated carbocycles. The van der Waals surface area contributed by atoms with Gasteiger partial charge < -0.3 is 20.7 Å². The van der Waals surface area contributed by atoms with Crippen LogP contribution in [0.2, 0.25) is 10.0 Å². The highest BCUT2D eigenvalue weighted by Gasteiger charge is 2.24. The van der Waals surface area contributed by atoms with Crippen LogP contribution in [0.1, 0.15) is 28.4 Å². The van der Waals surface area contributed by atoms with Crippen molar-refractivity contribution < 1.29 is 19.2 Å². The number of nitro groups is 1. The average molecular weight is 543 g/mol. The molecule has 2 amide bonds. The minimum Gasteiger partial charge on any atom is -0.493 e. The van der Waals surface area contributed by atoms with Crippen LogP contribution in [0.15, 0.2) is 60.7 Å². The Morgan fingerprint density at radius 3 is 2.38 bits per heavy atom. The molecule has 1 atom stereocenters. The monoisotopic (exact) mass is 542 g/mol. The molecule has 9 nitrogen and oxygen atoms in total. The molecule has 1 heterocycles. The lowest BCUT2D eigenvalue weighted by Gasteiger charge is -2.26. The van der Waals surface area contributed by atoms with Crippen LogP contribution >= 0.6 is 23.2 Å². The van der Waals surface area contributed by atoms with Crippen LogP contribution in [0.3, 0.4) is 0 Å². The second-order valence-electron chi connectivity index (χ2n) is 8.34. The van der Waals surface area contributed by atoms with Crippen LogP contribution in [0, 0.1) is 10.1 Å². The molecule has 1 aliphatic heterocycles. The van der Waals surface area contributed by atoms with E-state index in [0.29, 0.717) is 24.3 Å². The van der Waals surface area contributed by atoms with Crippen LogP contribution in [0.25, 0.3) is 11.1 Å². The lowest BCUT2D eigenvalue weighted by atomic mass is 10.00. The number of carbonyl (C=O) groups is 2. The molecule has 4 rings (SSSR count). The minimum atomic E-state index is -0.467. The molecule has 0 spiro atoms. The number of non-ortho nitro benzene ring substituents is 1. The smallest absolute Gasteiger partial charge is 0.270 e. The summed E-state index contributed by atoms with van der Waals surface area (Å²) in [6, 6.07) is 17.1. The van der Waals surface area contributed by atoms with Crippen LogP contribution in [0.5, 0.6) is 5.75 Å². The summed E-state index contributed by atoms with van der Waals surface area (Å²) in [7, 11) is 0. The van der Waals surface area contributed by atoms with E-state index in [9.17, 15) is 19.7 Å². The Balaban J connectivity index is 1.25. The predicted molar refractivity (Wildman–Crippen MR) is 141 cm³/mol. The second kappa shape index (κ2) is 12.1. The number of halogens is 2. The zero-order valence-corrected chi connectivity index (χ0v) is 21.1. The molecule has 1 unspecified atom stereocenters. The summed E-state index contributed by atoms with van der Waals surface area (Å²) < 4.78 is 5.56. The van der Waals surface area contributed by atoms with Gasteiger partial charge in [-0.3, -0.25) is 19.7 Å². The number of nitrogens with one attached hydrogen (secondary N) is 3. The molecule has 3 N–H and O–H groups in total. The molecule has 0 saturated heterocycles. The van der Waals surface area contributed by atoms with Crippen LogP contribution in [-0.2, 0) is 4.79 Å². The van der Waals surface area contributed by atoms with E-state index >= 15 is 0 Å². The van der Waals surface area contributed by atoms with Gasteiger partial charge in [0.1, 0.15) is 5.75 Å². The van der Waals surface area contributed by atoms with Gasteiger partial charge in [-0.05, 0) is 29.3 Å². The van der Waals surface area contributed by atoms with E-state index in [-0.39, 0.29) is 52.9 Å². The Bertz CT molecular complexity index is 1300. The summed E-state index contributed by atoms with van der Waals surface area (Å²) in [6.07, 6.45) is 0.572. The van der Waals surface area contributed by atoms with Gasteiger partial charge in [-0.25, -0.2) is 0 Å². The van der Waals surface area contributed by atoms with Gasteiger partial charge in [0.15, 0.2) is 0 Å². The number of nitrogens with zero attached hydrogens (tertiary/aromatic N) is 1. The quantitative estimate of drug-likeness (QED) is 0.207. The number of rotatable bonds is 9. The number of carbonyl (C=O) groups excluding carboxylic acids is 2. The van der Waals surface area contributed by atoms with Crippen molar-refractivity contribution in [1.82, 2.24) is 16.0 Å². The topological polar surface area (TPSA) is 123 Å². The van der Waals surface area contributed by atoms with E-state index in [1.54, 1.807) is 18.2 Å². The lowest BCUT2D eigenvalue weighted by molar-refractivity contribution is -0.385. The summed E-state index contributed by atoms with van der Waals surface area (Å²) in [4.78, 5) is 35.6. The number of amides is 2. The van der Waals surface area contributed by atoms with Crippen molar-refractivity contribution >= 4 is 40.7 Å². The fraction of sp³-hybridized carbons (Fsp3) is 0.231. The Morgan fingerprint density at radius 2 is 1.68 bits per heavy atom. The highest BCUT2D eigenvalue weighted by atomic mass is 35.5. The maximum atomic E-state index is 12.6. The fourth-order valence-electron chi connectivity index (χ4n) is 4.04. The molecule has 3 aromatic carbocycles. The first-order valence-electron chi connectivity index (χ1n) is 11.6. The molecule has 11 heteroatoms. The van der Waals surface area contributed by atoms with Crippen molar-refractivity contribution in [2.75, 3.05) is 26.2 Å². The van der Waals surface area contributed by atoms with Crippen LogP contribution in [-0.4, -0.2) is 43.0 Å². The van der Waals surface area contributed by atoms with Crippen molar-refractivity contribution in [1.29, 1.82) is 0 Å². The maximum absolute atomic E-state index is 12.6. The van der Waals surface area contributed by atoms with Gasteiger partial charge in [0.05, 0.1) is 33.7 Å². The molecular formula is C26H24Cl2N4O5. The van der Waals surface area contributed by atoms with Crippen molar-refractivity contribution in [3.05, 3.63) is 92.0 Å². The van der Waals surface area contributed by atoms with Gasteiger partial charge in [-0.15, -0.1) is 0 Å². The Hall–Kier alpha value is -3.66. The molecule has 37 heavy (non-hydrogen) atoms. The summed E-state index contributed by atoms with van der Waals surface area (Å²) in [5, 5.41) is 20.1. The zero-order valence-electron chi connectivity index (χ0n) is 19.6. The van der Waals surface area contributed by atoms with Crippen LogP contribution in [0.4, 0.5) is 5.69 Å². The molecule has 0 aromatic heterocycles. The van der Waals surface area contributed by atoms with Crippen molar-refractivity contribution in [3.8, 4) is 16.9 Å². The first-order chi connectivity index (χ1) is 17.8. The van der Waals surface area contributed by atoms with E-state index in [1.807, 2.05) is 30.3 Å². The fourth-order valence-corrected chi connectivity index (χ4v) is 4.70. The summed E-state index contributed by atoms with van der Waals surface area (Å²) in [5.41, 5.74) is 2.51. The zero-order chi connectivity index (χ0) is 26.4. The van der Waals surface area contributed by atoms with Gasteiger partial charge in [-0.2, -0.15) is 0 Å². The maximum Gasteiger partial charge on any atom is 0.270 e. The van der Waals surface area contributed by atoms with Gasteiger partial charge in [0.2, 0.25) is 5.91 Å². The number of ether oxygens (including phenoxy) is 1. The third kappa shape index (κ3) is 6.56. The molecule has 1 aliphatic rings. The number of benzene rings is 3. The third-order valence-electron chi connectivity index (χ3n) is 5.86. The first-order valence-corrected chi connectivity index (χ1v) is 12.3. The van der Waals surface area contributed by atoms with E-state index in [1.165, 1.54) is 12.1 Å². The van der Waals surface area contributed by atoms with Gasteiger partial charge >= 0.3 is 0 Å². The number of hydrogen-bond donors (Lipinski definition) is 3. The Morgan fingerprint density at radius 1 is 0.973 bits per heavy atom. The summed E-state index contributed by atoms with van der Waals surface area (Å²) in [5.74, 6) is -0.162. The molecule has 0 bridgehead atoms. The molecule has 0 fully saturated rings. The largest absolute Gasteiger partial charge is 0.493 e. The van der Waals surface area contributed by atoms with Gasteiger partial charge in [0.25, 0.3) is 11.6 Å². The van der Waals surface area contributed by atoms with Gasteiger partial charge in [0, 0.05) is 43.2 Å². The molecular weight excluding hydrogens is 519 g/mol. The summed E-state index contributed by atoms with van der Waals surface area (Å²) >= 11 is 12.7. The van der Waals surface area contributed by atoms with Gasteiger partial charge in [-0.1, -0.05) is 53.5 Å². The number of nitro benzene ring substituents is 1. The average Bonchev–Trinajstić information content (AvgIpc) is 2.89. The minimum absolute atomic E-state index is 0.000645. The van der Waals surface area contributed by atoms with Crippen LogP contribution < -0.4 is 20.7 Å². The predicted octanol–water partition coefficient (Wildman–Crippen LogP) is 4.53. The van der Waals surface area contributed by atoms with Crippen molar-refractivity contribution in [3.63, 3.8) is 0 Å². The normalized spacial score (nSPS) is 14.3. The van der Waals surface area contributed by atoms with E-state index in [0.717, 1.165) is 11.1 Å². The molecule has 0 aliphatic carbocycles. The first kappa shape index (κ1) is 26.4. The molecule has 3 aromatic rings. The third-order valence-corrected chi connectivity index (χ3v) is 6.46. The highest BCUT2D eigenvalue weighted by Crippen LogP contribution is 2.35. The number of hydrogen-bond acceptors (Lipinski definition) is 6. The van der Waals surface area contributed by atoms with Crippen molar-refractivity contribution in [2.45, 2.75) is 12.5 Å². The summed E-state index contributed by atoms with van der Waals surface area (Å²) in [6.45, 7) is 0.802. The second-order valence-corrected chi connectivity index (χ2v) is 9.15. The highest BCUT2D eigenvalue weighted by molar-refractivity contribution is 6.40. The SMILES string of the molecule is O=C(CNC1CCOc2ccc([N+](=O)[O-])cc21)NCCNC(=O)c1c(Cl)cc(-c2ccccc2)cc1Cl. The number of fused-ring (bicyclic) bond motifs is 1. The van der Waals surface area contributed by atoms with Crippen molar-refractivity contribution in [2.24, 2.45) is 0 Å².